The maximum absolute atomic E-state index is 14.5. The van der Waals surface area contributed by atoms with Gasteiger partial charge in [0.1, 0.15) is 11.6 Å². The monoisotopic (exact) mass is 346 g/mol. The zero-order valence-corrected chi connectivity index (χ0v) is 13.9. The average Bonchev–Trinajstić information content (AvgIpc) is 2.56. The van der Waals surface area contributed by atoms with Gasteiger partial charge in [0.15, 0.2) is 11.6 Å². The smallest absolute Gasteiger partial charge is 0.159 e. The summed E-state index contributed by atoms with van der Waals surface area (Å²) in [6.07, 6.45) is 3.56. The number of fused-ring (bicyclic) bond motifs is 1. The van der Waals surface area contributed by atoms with E-state index < -0.39 is 23.3 Å². The van der Waals surface area contributed by atoms with Crippen LogP contribution in [-0.4, -0.2) is 0 Å². The van der Waals surface area contributed by atoms with Gasteiger partial charge in [-0.2, -0.15) is 0 Å². The van der Waals surface area contributed by atoms with Crippen molar-refractivity contribution in [1.82, 2.24) is 0 Å². The van der Waals surface area contributed by atoms with Gasteiger partial charge in [-0.15, -0.1) is 0 Å². The van der Waals surface area contributed by atoms with Crippen LogP contribution in [0.25, 0.3) is 21.9 Å². The lowest BCUT2D eigenvalue weighted by atomic mass is 9.97. The van der Waals surface area contributed by atoms with Crippen molar-refractivity contribution < 1.29 is 17.6 Å². The molecule has 0 nitrogen and oxygen atoms in total. The molecule has 0 aliphatic heterocycles. The Bertz CT molecular complexity index is 892. The molecular weight excluding hydrogens is 328 g/mol. The second kappa shape index (κ2) is 7.26. The molecule has 0 spiro atoms. The minimum atomic E-state index is -0.989. The summed E-state index contributed by atoms with van der Waals surface area (Å²) in [5, 5.41) is 0.863. The van der Waals surface area contributed by atoms with Crippen LogP contribution in [-0.2, 0) is 6.42 Å². The highest BCUT2D eigenvalue weighted by molar-refractivity contribution is 5.87. The zero-order chi connectivity index (χ0) is 18.0. The Morgan fingerprint density at radius 1 is 0.680 bits per heavy atom. The summed E-state index contributed by atoms with van der Waals surface area (Å²) in [5.41, 5.74) is 0.778. The third kappa shape index (κ3) is 3.68. The first-order valence-corrected chi connectivity index (χ1v) is 8.36. The molecule has 130 valence electrons. The van der Waals surface area contributed by atoms with Crippen LogP contribution >= 0.6 is 0 Å². The van der Waals surface area contributed by atoms with Crippen LogP contribution in [0, 0.1) is 23.3 Å². The molecule has 0 heterocycles. The molecule has 0 saturated carbocycles. The normalized spacial score (nSPS) is 11.2. The molecule has 0 aliphatic rings. The van der Waals surface area contributed by atoms with Crippen LogP contribution in [0.3, 0.4) is 0 Å². The highest BCUT2D eigenvalue weighted by Crippen LogP contribution is 2.31. The second-order valence-corrected chi connectivity index (χ2v) is 6.22. The molecule has 0 saturated heterocycles. The summed E-state index contributed by atoms with van der Waals surface area (Å²) in [5.74, 6) is -3.23. The van der Waals surface area contributed by atoms with Crippen molar-refractivity contribution in [1.29, 1.82) is 0 Å². The fourth-order valence-electron chi connectivity index (χ4n) is 3.02. The van der Waals surface area contributed by atoms with E-state index in [2.05, 4.69) is 6.92 Å². The zero-order valence-electron chi connectivity index (χ0n) is 13.9. The molecule has 3 aromatic carbocycles. The first-order valence-electron chi connectivity index (χ1n) is 8.36. The summed E-state index contributed by atoms with van der Waals surface area (Å²) >= 11 is 0. The van der Waals surface area contributed by atoms with Gasteiger partial charge in [-0.1, -0.05) is 31.9 Å². The van der Waals surface area contributed by atoms with Crippen molar-refractivity contribution in [3.63, 3.8) is 0 Å². The number of rotatable bonds is 5. The Morgan fingerprint density at radius 2 is 1.32 bits per heavy atom. The molecule has 0 N–H and O–H groups in total. The Morgan fingerprint density at radius 3 is 1.96 bits per heavy atom. The Balaban J connectivity index is 2.01. The molecule has 3 rings (SSSR count). The van der Waals surface area contributed by atoms with Crippen molar-refractivity contribution in [3.8, 4) is 11.1 Å². The average molecular weight is 346 g/mol. The van der Waals surface area contributed by atoms with E-state index >= 15 is 0 Å². The lowest BCUT2D eigenvalue weighted by molar-refractivity contribution is 0.511. The largest absolute Gasteiger partial charge is 0.206 e. The second-order valence-electron chi connectivity index (χ2n) is 6.22. The van der Waals surface area contributed by atoms with Gasteiger partial charge in [0.2, 0.25) is 0 Å². The molecule has 0 amide bonds. The minimum absolute atomic E-state index is 0.147. The number of unbranched alkanes of at least 4 members (excludes halogenated alkanes) is 2. The van der Waals surface area contributed by atoms with Gasteiger partial charge in [-0.3, -0.25) is 0 Å². The van der Waals surface area contributed by atoms with Gasteiger partial charge in [0.25, 0.3) is 0 Å². The van der Waals surface area contributed by atoms with Crippen molar-refractivity contribution >= 4 is 10.8 Å². The van der Waals surface area contributed by atoms with E-state index in [-0.39, 0.29) is 5.56 Å². The number of hydrogen-bond acceptors (Lipinski definition) is 0. The van der Waals surface area contributed by atoms with Crippen molar-refractivity contribution in [2.75, 3.05) is 0 Å². The molecule has 0 radical (unpaired) electrons. The van der Waals surface area contributed by atoms with Crippen molar-refractivity contribution in [3.05, 3.63) is 71.3 Å². The standard InChI is InChI=1S/C21H18F4/c1-2-3-4-5-13-8-19(24)21(20(25)9-13)15-7-6-14-11-17(22)18(23)12-16(14)10-15/h6-12H,2-5H2,1H3. The molecular formula is C21H18F4. The van der Waals surface area contributed by atoms with Crippen LogP contribution in [0.2, 0.25) is 0 Å². The van der Waals surface area contributed by atoms with Gasteiger partial charge in [-0.05, 0) is 65.1 Å². The van der Waals surface area contributed by atoms with Crippen LogP contribution in [0.15, 0.2) is 42.5 Å². The number of hydrogen-bond donors (Lipinski definition) is 0. The summed E-state index contributed by atoms with van der Waals surface area (Å²) < 4.78 is 55.6. The summed E-state index contributed by atoms with van der Waals surface area (Å²) in [6.45, 7) is 2.07. The molecule has 0 bridgehead atoms. The van der Waals surface area contributed by atoms with Gasteiger partial charge >= 0.3 is 0 Å². The molecule has 25 heavy (non-hydrogen) atoms. The third-order valence-electron chi connectivity index (χ3n) is 4.34. The Kier molecular flexibility index (Phi) is 5.07. The van der Waals surface area contributed by atoms with Gasteiger partial charge in [-0.25, -0.2) is 17.6 Å². The molecule has 4 heteroatoms. The van der Waals surface area contributed by atoms with Gasteiger partial charge in [0, 0.05) is 0 Å². The molecule has 3 aromatic rings. The Labute approximate surface area is 144 Å². The van der Waals surface area contributed by atoms with Crippen LogP contribution in [0.4, 0.5) is 17.6 Å². The Hall–Kier alpha value is -2.36. The molecule has 0 aliphatic carbocycles. The highest BCUT2D eigenvalue weighted by Gasteiger charge is 2.14. The lowest BCUT2D eigenvalue weighted by Gasteiger charge is -2.10. The van der Waals surface area contributed by atoms with E-state index in [4.69, 9.17) is 0 Å². The van der Waals surface area contributed by atoms with Crippen LogP contribution in [0.5, 0.6) is 0 Å². The number of benzene rings is 3. The first-order chi connectivity index (χ1) is 12.0. The molecule has 0 unspecified atom stereocenters. The van der Waals surface area contributed by atoms with Gasteiger partial charge in [0.05, 0.1) is 5.56 Å². The lowest BCUT2D eigenvalue weighted by Crippen LogP contribution is -1.95. The van der Waals surface area contributed by atoms with E-state index in [1.807, 2.05) is 0 Å². The van der Waals surface area contributed by atoms with E-state index in [1.165, 1.54) is 30.3 Å². The highest BCUT2D eigenvalue weighted by atomic mass is 19.2. The minimum Gasteiger partial charge on any atom is -0.206 e. The molecule has 0 atom stereocenters. The maximum Gasteiger partial charge on any atom is 0.159 e. The van der Waals surface area contributed by atoms with Crippen LogP contribution < -0.4 is 0 Å². The molecule has 0 fully saturated rings. The fourth-order valence-corrected chi connectivity index (χ4v) is 3.02. The van der Waals surface area contributed by atoms with Crippen molar-refractivity contribution in [2.24, 2.45) is 0 Å². The maximum atomic E-state index is 14.5. The van der Waals surface area contributed by atoms with Crippen LogP contribution in [0.1, 0.15) is 31.7 Å². The third-order valence-corrected chi connectivity index (χ3v) is 4.34. The quantitative estimate of drug-likeness (QED) is 0.352. The summed E-state index contributed by atoms with van der Waals surface area (Å²) in [7, 11) is 0. The first kappa shape index (κ1) is 17.5. The summed E-state index contributed by atoms with van der Waals surface area (Å²) in [6, 6.07) is 9.31. The summed E-state index contributed by atoms with van der Waals surface area (Å²) in [4.78, 5) is 0. The number of halogens is 4. The number of aryl methyl sites for hydroxylation is 1. The predicted molar refractivity (Wildman–Crippen MR) is 92.4 cm³/mol. The fraction of sp³-hybridized carbons (Fsp3) is 0.238. The van der Waals surface area contributed by atoms with E-state index in [0.717, 1.165) is 31.4 Å². The topological polar surface area (TPSA) is 0 Å². The van der Waals surface area contributed by atoms with Crippen molar-refractivity contribution in [2.45, 2.75) is 32.6 Å². The SMILES string of the molecule is CCCCCc1cc(F)c(-c2ccc3cc(F)c(F)cc3c2)c(F)c1. The predicted octanol–water partition coefficient (Wildman–Crippen LogP) is 6.80. The molecule has 0 aromatic heterocycles. The van der Waals surface area contributed by atoms with E-state index in [0.29, 0.717) is 28.3 Å². The van der Waals surface area contributed by atoms with E-state index in [1.54, 1.807) is 0 Å². The van der Waals surface area contributed by atoms with Gasteiger partial charge < -0.3 is 0 Å². The van der Waals surface area contributed by atoms with E-state index in [9.17, 15) is 17.6 Å².